The Morgan fingerprint density at radius 2 is 2.00 bits per heavy atom. The van der Waals surface area contributed by atoms with Crippen LogP contribution in [0.2, 0.25) is 0 Å². The maximum Gasteiger partial charge on any atom is 0.142 e. The van der Waals surface area contributed by atoms with Crippen LogP contribution in [0.1, 0.15) is 13.3 Å². The van der Waals surface area contributed by atoms with Crippen LogP contribution in [0.4, 0.5) is 0 Å². The van der Waals surface area contributed by atoms with Crippen LogP contribution >= 0.6 is 15.9 Å². The lowest BCUT2D eigenvalue weighted by molar-refractivity contribution is 0.987. The lowest BCUT2D eigenvalue weighted by Gasteiger charge is -1.90. The van der Waals surface area contributed by atoms with Crippen molar-refractivity contribution in [2.75, 3.05) is 0 Å². The fourth-order valence-corrected chi connectivity index (χ4v) is 0.706. The Bertz CT molecular complexity index is 249. The molecule has 3 nitrogen and oxygen atoms in total. The Hall–Kier alpha value is -0.950. The predicted molar refractivity (Wildman–Crippen MR) is 45.8 cm³/mol. The van der Waals surface area contributed by atoms with E-state index in [0.29, 0.717) is 5.82 Å². The molecule has 0 aromatic carbocycles. The second-order valence-corrected chi connectivity index (χ2v) is 2.57. The molecule has 0 saturated heterocycles. The number of nitrogens with zero attached hydrogens (tertiary/aromatic N) is 3. The fraction of sp³-hybridized carbons (Fsp3) is 0.286. The van der Waals surface area contributed by atoms with E-state index in [1.54, 1.807) is 12.4 Å². The van der Waals surface area contributed by atoms with E-state index in [9.17, 15) is 0 Å². The Morgan fingerprint density at radius 3 is 2.45 bits per heavy atom. The molecule has 1 heterocycles. The first-order valence-electron chi connectivity index (χ1n) is 2.66. The van der Waals surface area contributed by atoms with Gasteiger partial charge in [-0.15, -0.1) is 0 Å². The highest BCUT2D eigenvalue weighted by Gasteiger charge is 1.92. The molecule has 0 radical (unpaired) electrons. The van der Waals surface area contributed by atoms with E-state index in [1.165, 1.54) is 0 Å². The minimum Gasteiger partial charge on any atom is -0.239 e. The number of nitriles is 1. The quantitative estimate of drug-likeness (QED) is 0.717. The smallest absolute Gasteiger partial charge is 0.142 e. The summed E-state index contributed by atoms with van der Waals surface area (Å²) in [5.74, 6) is 0.561. The Balaban J connectivity index is 0.000001000. The van der Waals surface area contributed by atoms with Gasteiger partial charge in [-0.25, -0.2) is 9.97 Å². The summed E-state index contributed by atoms with van der Waals surface area (Å²) in [7, 11) is 0. The Kier molecular flexibility index (Phi) is 4.39. The van der Waals surface area contributed by atoms with Gasteiger partial charge in [0.25, 0.3) is 0 Å². The molecule has 1 rings (SSSR count). The van der Waals surface area contributed by atoms with Gasteiger partial charge in [0.1, 0.15) is 5.82 Å². The highest BCUT2D eigenvalue weighted by atomic mass is 79.9. The Labute approximate surface area is 74.2 Å². The maximum atomic E-state index is 8.25. The lowest BCUT2D eigenvalue weighted by Crippen LogP contribution is -1.90. The maximum absolute atomic E-state index is 8.25. The van der Waals surface area contributed by atoms with Gasteiger partial charge in [0.15, 0.2) is 0 Å². The minimum atomic E-state index is 0. The van der Waals surface area contributed by atoms with Crippen LogP contribution in [-0.4, -0.2) is 9.97 Å². The van der Waals surface area contributed by atoms with Crippen molar-refractivity contribution in [3.63, 3.8) is 0 Å². The van der Waals surface area contributed by atoms with E-state index in [2.05, 4.69) is 25.9 Å². The molecule has 0 aliphatic carbocycles. The SMILES string of the molecule is C.N#CCc1ncc(Br)cn1. The molecule has 1 aromatic rings. The van der Waals surface area contributed by atoms with Gasteiger partial charge in [0.05, 0.1) is 17.0 Å². The molecule has 4 heteroatoms. The van der Waals surface area contributed by atoms with E-state index in [1.807, 2.05) is 6.07 Å². The molecule has 0 fully saturated rings. The van der Waals surface area contributed by atoms with E-state index in [-0.39, 0.29) is 13.8 Å². The summed E-state index contributed by atoms with van der Waals surface area (Å²) in [6.07, 6.45) is 3.52. The van der Waals surface area contributed by atoms with Crippen LogP contribution in [0.3, 0.4) is 0 Å². The van der Waals surface area contributed by atoms with Crippen molar-refractivity contribution in [2.24, 2.45) is 0 Å². The minimum absolute atomic E-state index is 0. The van der Waals surface area contributed by atoms with E-state index in [0.717, 1.165) is 4.47 Å². The average Bonchev–Trinajstić information content (AvgIpc) is 1.95. The molecule has 0 spiro atoms. The van der Waals surface area contributed by atoms with Crippen molar-refractivity contribution in [1.82, 2.24) is 9.97 Å². The van der Waals surface area contributed by atoms with Crippen LogP contribution in [-0.2, 0) is 6.42 Å². The molecule has 0 N–H and O–H groups in total. The summed E-state index contributed by atoms with van der Waals surface area (Å²) in [6, 6.07) is 1.96. The molecule has 0 saturated carbocycles. The van der Waals surface area contributed by atoms with E-state index < -0.39 is 0 Å². The molecule has 58 valence electrons. The third-order valence-electron chi connectivity index (χ3n) is 0.911. The normalized spacial score (nSPS) is 8.00. The number of rotatable bonds is 1. The first kappa shape index (κ1) is 10.0. The van der Waals surface area contributed by atoms with Gasteiger partial charge in [0, 0.05) is 12.4 Å². The highest BCUT2D eigenvalue weighted by Crippen LogP contribution is 2.03. The van der Waals surface area contributed by atoms with Crippen LogP contribution in [0.15, 0.2) is 16.9 Å². The van der Waals surface area contributed by atoms with Gasteiger partial charge in [-0.3, -0.25) is 0 Å². The monoisotopic (exact) mass is 213 g/mol. The van der Waals surface area contributed by atoms with Gasteiger partial charge in [-0.05, 0) is 15.9 Å². The van der Waals surface area contributed by atoms with Gasteiger partial charge >= 0.3 is 0 Å². The van der Waals surface area contributed by atoms with Crippen molar-refractivity contribution >= 4 is 15.9 Å². The molecule has 0 bridgehead atoms. The average molecular weight is 214 g/mol. The van der Waals surface area contributed by atoms with E-state index in [4.69, 9.17) is 5.26 Å². The number of hydrogen-bond acceptors (Lipinski definition) is 3. The summed E-state index contributed by atoms with van der Waals surface area (Å²) < 4.78 is 0.828. The number of aromatic nitrogens is 2. The molecule has 0 amide bonds. The second-order valence-electron chi connectivity index (χ2n) is 1.65. The molecule has 0 unspecified atom stereocenters. The third kappa shape index (κ3) is 3.10. The largest absolute Gasteiger partial charge is 0.239 e. The molecule has 0 aliphatic rings. The molecule has 1 aromatic heterocycles. The van der Waals surface area contributed by atoms with Gasteiger partial charge in [-0.1, -0.05) is 7.43 Å². The molecule has 0 aliphatic heterocycles. The van der Waals surface area contributed by atoms with Gasteiger partial charge in [0.2, 0.25) is 0 Å². The summed E-state index contributed by atoms with van der Waals surface area (Å²) >= 11 is 3.19. The second kappa shape index (κ2) is 4.80. The van der Waals surface area contributed by atoms with Crippen molar-refractivity contribution < 1.29 is 0 Å². The zero-order valence-corrected chi connectivity index (χ0v) is 6.67. The predicted octanol–water partition coefficient (Wildman–Crippen LogP) is 1.94. The first-order chi connectivity index (χ1) is 4.83. The number of hydrogen-bond donors (Lipinski definition) is 0. The van der Waals surface area contributed by atoms with Gasteiger partial charge < -0.3 is 0 Å². The van der Waals surface area contributed by atoms with Crippen LogP contribution < -0.4 is 0 Å². The van der Waals surface area contributed by atoms with Crippen LogP contribution in [0.5, 0.6) is 0 Å². The van der Waals surface area contributed by atoms with Crippen molar-refractivity contribution in [3.05, 3.63) is 22.7 Å². The molecule has 0 atom stereocenters. The molecular weight excluding hydrogens is 206 g/mol. The van der Waals surface area contributed by atoms with E-state index >= 15 is 0 Å². The van der Waals surface area contributed by atoms with Crippen LogP contribution in [0.25, 0.3) is 0 Å². The fourth-order valence-electron chi connectivity index (χ4n) is 0.501. The molecular formula is C7H8BrN3. The van der Waals surface area contributed by atoms with Crippen LogP contribution in [0, 0.1) is 11.3 Å². The Morgan fingerprint density at radius 1 is 1.45 bits per heavy atom. The van der Waals surface area contributed by atoms with Crippen molar-refractivity contribution in [1.29, 1.82) is 5.26 Å². The van der Waals surface area contributed by atoms with Gasteiger partial charge in [-0.2, -0.15) is 5.26 Å². The zero-order valence-electron chi connectivity index (χ0n) is 5.08. The summed E-state index contributed by atoms with van der Waals surface area (Å²) in [5.41, 5.74) is 0. The standard InChI is InChI=1S/C6H4BrN3.CH4/c7-5-3-9-6(1-2-8)10-4-5;/h3-4H,1H2;1H4. The molecule has 11 heavy (non-hydrogen) atoms. The summed E-state index contributed by atoms with van der Waals surface area (Å²) in [6.45, 7) is 0. The summed E-state index contributed by atoms with van der Waals surface area (Å²) in [4.78, 5) is 7.78. The summed E-state index contributed by atoms with van der Waals surface area (Å²) in [5, 5.41) is 8.25. The first-order valence-corrected chi connectivity index (χ1v) is 3.45. The highest BCUT2D eigenvalue weighted by molar-refractivity contribution is 9.10. The third-order valence-corrected chi connectivity index (χ3v) is 1.32. The number of halogens is 1. The lowest BCUT2D eigenvalue weighted by atomic mass is 10.4. The van der Waals surface area contributed by atoms with Crippen molar-refractivity contribution in [2.45, 2.75) is 13.8 Å². The topological polar surface area (TPSA) is 49.6 Å². The zero-order chi connectivity index (χ0) is 7.40. The van der Waals surface area contributed by atoms with Crippen molar-refractivity contribution in [3.8, 4) is 6.07 Å².